The Morgan fingerprint density at radius 3 is 2.56 bits per heavy atom. The van der Waals surface area contributed by atoms with Crippen LogP contribution < -0.4 is 16.2 Å². The van der Waals surface area contributed by atoms with Crippen LogP contribution in [0.2, 0.25) is 0 Å². The van der Waals surface area contributed by atoms with Crippen molar-refractivity contribution in [2.45, 2.75) is 44.0 Å². The van der Waals surface area contributed by atoms with Gasteiger partial charge in [-0.25, -0.2) is 13.6 Å². The van der Waals surface area contributed by atoms with Crippen molar-refractivity contribution >= 4 is 21.4 Å². The van der Waals surface area contributed by atoms with Crippen molar-refractivity contribution in [3.8, 4) is 0 Å². The molecule has 18 heavy (non-hydrogen) atoms. The number of rotatable bonds is 6. The minimum Gasteiger partial charge on any atom is -0.397 e. The van der Waals surface area contributed by atoms with Crippen LogP contribution in [0.15, 0.2) is 23.1 Å². The molecular weight excluding hydrogens is 250 g/mol. The van der Waals surface area contributed by atoms with Crippen LogP contribution in [0.25, 0.3) is 0 Å². The van der Waals surface area contributed by atoms with E-state index in [0.29, 0.717) is 11.7 Å². The van der Waals surface area contributed by atoms with Crippen LogP contribution in [-0.4, -0.2) is 14.5 Å². The molecule has 0 amide bonds. The normalized spacial score (nSPS) is 13.3. The highest BCUT2D eigenvalue weighted by atomic mass is 32.2. The average Bonchev–Trinajstić information content (AvgIpc) is 2.27. The highest BCUT2D eigenvalue weighted by Gasteiger charge is 2.11. The number of unbranched alkanes of at least 4 members (excludes halogenated alkanes) is 1. The summed E-state index contributed by atoms with van der Waals surface area (Å²) in [6.45, 7) is 4.21. The van der Waals surface area contributed by atoms with Crippen molar-refractivity contribution in [3.63, 3.8) is 0 Å². The standard InChI is InChI=1S/C12H21N3O2S/c1-3-4-5-9(2)15-12-7-6-10(8-11(12)13)18(14,16)17/h6-9,15H,3-5,13H2,1-2H3,(H2,14,16,17). The van der Waals surface area contributed by atoms with Gasteiger partial charge < -0.3 is 11.1 Å². The van der Waals surface area contributed by atoms with E-state index >= 15 is 0 Å². The number of nitrogens with two attached hydrogens (primary N) is 2. The molecule has 5 N–H and O–H groups in total. The lowest BCUT2D eigenvalue weighted by Gasteiger charge is -2.16. The molecule has 0 saturated heterocycles. The van der Waals surface area contributed by atoms with Gasteiger partial charge in [0.15, 0.2) is 0 Å². The number of benzene rings is 1. The minimum atomic E-state index is -3.69. The van der Waals surface area contributed by atoms with Crippen LogP contribution in [0, 0.1) is 0 Å². The summed E-state index contributed by atoms with van der Waals surface area (Å²) in [5.74, 6) is 0. The summed E-state index contributed by atoms with van der Waals surface area (Å²) in [5, 5.41) is 8.30. The summed E-state index contributed by atoms with van der Waals surface area (Å²) >= 11 is 0. The minimum absolute atomic E-state index is 0.0340. The van der Waals surface area contributed by atoms with Crippen LogP contribution >= 0.6 is 0 Å². The van der Waals surface area contributed by atoms with E-state index < -0.39 is 10.0 Å². The number of anilines is 2. The average molecular weight is 271 g/mol. The van der Waals surface area contributed by atoms with Gasteiger partial charge in [-0.05, 0) is 31.5 Å². The third kappa shape index (κ3) is 4.19. The van der Waals surface area contributed by atoms with Gasteiger partial charge in [-0.1, -0.05) is 19.8 Å². The Morgan fingerprint density at radius 1 is 1.39 bits per heavy atom. The third-order valence-corrected chi connectivity index (χ3v) is 3.66. The van der Waals surface area contributed by atoms with Crippen molar-refractivity contribution in [1.29, 1.82) is 0 Å². The molecule has 0 heterocycles. The number of sulfonamides is 1. The quantitative estimate of drug-likeness (QED) is 0.688. The molecule has 6 heteroatoms. The Morgan fingerprint density at radius 2 is 2.06 bits per heavy atom. The Kier molecular flexibility index (Phi) is 4.98. The fourth-order valence-corrected chi connectivity index (χ4v) is 2.25. The molecule has 5 nitrogen and oxygen atoms in total. The van der Waals surface area contributed by atoms with Gasteiger partial charge in [0.1, 0.15) is 0 Å². The van der Waals surface area contributed by atoms with Crippen LogP contribution in [0.5, 0.6) is 0 Å². The summed E-state index contributed by atoms with van der Waals surface area (Å²) in [4.78, 5) is 0.0340. The molecule has 1 aromatic carbocycles. The summed E-state index contributed by atoms with van der Waals surface area (Å²) in [7, 11) is -3.69. The molecule has 0 radical (unpaired) electrons. The molecule has 0 aliphatic rings. The zero-order valence-corrected chi connectivity index (χ0v) is 11.6. The van der Waals surface area contributed by atoms with Gasteiger partial charge in [0.25, 0.3) is 0 Å². The molecule has 1 atom stereocenters. The van der Waals surface area contributed by atoms with E-state index in [9.17, 15) is 8.42 Å². The van der Waals surface area contributed by atoms with E-state index in [4.69, 9.17) is 10.9 Å². The molecule has 1 aromatic rings. The monoisotopic (exact) mass is 271 g/mol. The van der Waals surface area contributed by atoms with E-state index in [2.05, 4.69) is 19.2 Å². The summed E-state index contributed by atoms with van der Waals surface area (Å²) in [6, 6.07) is 4.79. The lowest BCUT2D eigenvalue weighted by molar-refractivity contribution is 0.598. The second kappa shape index (κ2) is 6.06. The van der Waals surface area contributed by atoms with Gasteiger partial charge in [-0.3, -0.25) is 0 Å². The fourth-order valence-electron chi connectivity index (χ4n) is 1.70. The second-order valence-electron chi connectivity index (χ2n) is 4.48. The van der Waals surface area contributed by atoms with Gasteiger partial charge in [0, 0.05) is 6.04 Å². The molecule has 0 aliphatic heterocycles. The molecule has 0 bridgehead atoms. The molecular formula is C12H21N3O2S. The van der Waals surface area contributed by atoms with Crippen molar-refractivity contribution in [3.05, 3.63) is 18.2 Å². The third-order valence-electron chi connectivity index (χ3n) is 2.74. The summed E-state index contributed by atoms with van der Waals surface area (Å²) < 4.78 is 22.3. The first-order chi connectivity index (χ1) is 8.34. The maximum atomic E-state index is 11.2. The van der Waals surface area contributed by atoms with Gasteiger partial charge in [-0.2, -0.15) is 0 Å². The van der Waals surface area contributed by atoms with Gasteiger partial charge >= 0.3 is 0 Å². The second-order valence-corrected chi connectivity index (χ2v) is 6.04. The summed E-state index contributed by atoms with van der Waals surface area (Å²) in [6.07, 6.45) is 3.34. The number of hydrogen-bond donors (Lipinski definition) is 3. The Labute approximate surface area is 109 Å². The predicted octanol–water partition coefficient (Wildman–Crippen LogP) is 1.91. The molecule has 0 spiro atoms. The molecule has 0 aliphatic carbocycles. The van der Waals surface area contributed by atoms with E-state index in [1.807, 2.05) is 0 Å². The Bertz CT molecular complexity index is 500. The zero-order valence-electron chi connectivity index (χ0n) is 10.8. The number of primary sulfonamides is 1. The van der Waals surface area contributed by atoms with Crippen LogP contribution in [0.1, 0.15) is 33.1 Å². The first-order valence-electron chi connectivity index (χ1n) is 6.03. The molecule has 1 unspecified atom stereocenters. The van der Waals surface area contributed by atoms with Crippen LogP contribution in [0.3, 0.4) is 0 Å². The molecule has 0 aromatic heterocycles. The number of hydrogen-bond acceptors (Lipinski definition) is 4. The predicted molar refractivity (Wildman–Crippen MR) is 74.8 cm³/mol. The first-order valence-corrected chi connectivity index (χ1v) is 7.58. The molecule has 0 saturated carbocycles. The van der Waals surface area contributed by atoms with E-state index in [-0.39, 0.29) is 4.90 Å². The maximum Gasteiger partial charge on any atom is 0.238 e. The highest BCUT2D eigenvalue weighted by Crippen LogP contribution is 2.23. The number of nitrogen functional groups attached to an aromatic ring is 1. The van der Waals surface area contributed by atoms with Crippen molar-refractivity contribution in [2.75, 3.05) is 11.1 Å². The maximum absolute atomic E-state index is 11.2. The van der Waals surface area contributed by atoms with E-state index in [1.165, 1.54) is 12.1 Å². The van der Waals surface area contributed by atoms with Crippen LogP contribution in [-0.2, 0) is 10.0 Å². The smallest absolute Gasteiger partial charge is 0.238 e. The van der Waals surface area contributed by atoms with Gasteiger partial charge in [0.2, 0.25) is 10.0 Å². The van der Waals surface area contributed by atoms with Crippen molar-refractivity contribution in [2.24, 2.45) is 5.14 Å². The largest absolute Gasteiger partial charge is 0.397 e. The lowest BCUT2D eigenvalue weighted by Crippen LogP contribution is -2.17. The van der Waals surface area contributed by atoms with E-state index in [1.54, 1.807) is 6.07 Å². The molecule has 102 valence electrons. The Balaban J connectivity index is 2.80. The lowest BCUT2D eigenvalue weighted by atomic mass is 10.1. The topological polar surface area (TPSA) is 98.2 Å². The first kappa shape index (κ1) is 14.8. The van der Waals surface area contributed by atoms with Gasteiger partial charge in [0.05, 0.1) is 16.3 Å². The van der Waals surface area contributed by atoms with Crippen molar-refractivity contribution < 1.29 is 8.42 Å². The Hall–Kier alpha value is -1.27. The molecule has 1 rings (SSSR count). The van der Waals surface area contributed by atoms with E-state index in [0.717, 1.165) is 24.9 Å². The highest BCUT2D eigenvalue weighted by molar-refractivity contribution is 7.89. The summed E-state index contributed by atoms with van der Waals surface area (Å²) in [5.41, 5.74) is 6.95. The zero-order chi connectivity index (χ0) is 13.8. The molecule has 0 fully saturated rings. The SMILES string of the molecule is CCCCC(C)Nc1ccc(S(N)(=O)=O)cc1N. The van der Waals surface area contributed by atoms with Gasteiger partial charge in [-0.15, -0.1) is 0 Å². The number of nitrogens with one attached hydrogen (secondary N) is 1. The fraction of sp³-hybridized carbons (Fsp3) is 0.500. The van der Waals surface area contributed by atoms with Crippen LogP contribution in [0.4, 0.5) is 11.4 Å². The van der Waals surface area contributed by atoms with Crippen molar-refractivity contribution in [1.82, 2.24) is 0 Å².